The van der Waals surface area contributed by atoms with E-state index in [0.29, 0.717) is 23.7 Å². The number of carbonyl (C=O) groups is 1. The zero-order valence-corrected chi connectivity index (χ0v) is 10.7. The maximum absolute atomic E-state index is 13.0. The molecule has 0 aliphatic heterocycles. The Labute approximate surface area is 114 Å². The summed E-state index contributed by atoms with van der Waals surface area (Å²) >= 11 is 0. The van der Waals surface area contributed by atoms with Gasteiger partial charge < -0.3 is 0 Å². The Hall–Kier alpha value is -1.39. The predicted octanol–water partition coefficient (Wildman–Crippen LogP) is 3.58. The first kappa shape index (κ1) is 12.4. The molecule has 4 atom stereocenters. The lowest BCUT2D eigenvalue weighted by Gasteiger charge is -2.13. The summed E-state index contributed by atoms with van der Waals surface area (Å²) < 4.78 is 38.9. The van der Waals surface area contributed by atoms with Gasteiger partial charge in [0.1, 0.15) is 0 Å². The lowest BCUT2D eigenvalue weighted by atomic mass is 9.95. The fourth-order valence-corrected chi connectivity index (χ4v) is 4.69. The van der Waals surface area contributed by atoms with Crippen molar-refractivity contribution in [2.45, 2.75) is 25.4 Å². The number of fused-ring (bicyclic) bond motifs is 5. The van der Waals surface area contributed by atoms with Crippen LogP contribution in [0, 0.1) is 29.6 Å². The molecule has 106 valence electrons. The SMILES string of the molecule is O=C(c1cnccc1C(F)(F)F)C1C2C3CCC(C3)C12. The number of Topliss-reactive ketones (excluding diaryl/α,β-unsaturated/α-hetero) is 1. The van der Waals surface area contributed by atoms with Gasteiger partial charge in [-0.25, -0.2) is 0 Å². The molecular formula is C15H14F3NO. The molecule has 2 bridgehead atoms. The highest BCUT2D eigenvalue weighted by molar-refractivity contribution is 6.01. The first-order valence-corrected chi connectivity index (χ1v) is 7.04. The van der Waals surface area contributed by atoms with Crippen molar-refractivity contribution in [2.24, 2.45) is 29.6 Å². The Morgan fingerprint density at radius 1 is 1.20 bits per heavy atom. The third-order valence-corrected chi connectivity index (χ3v) is 5.43. The Morgan fingerprint density at radius 2 is 1.85 bits per heavy atom. The van der Waals surface area contributed by atoms with E-state index < -0.39 is 11.7 Å². The molecule has 2 nitrogen and oxygen atoms in total. The Bertz CT molecular complexity index is 567. The van der Waals surface area contributed by atoms with Crippen LogP contribution in [-0.4, -0.2) is 10.8 Å². The third kappa shape index (κ3) is 1.58. The summed E-state index contributed by atoms with van der Waals surface area (Å²) in [4.78, 5) is 16.2. The van der Waals surface area contributed by atoms with E-state index in [-0.39, 0.29) is 17.3 Å². The molecule has 3 fully saturated rings. The average Bonchev–Trinajstić information content (AvgIpc) is 2.84. The first-order valence-electron chi connectivity index (χ1n) is 7.04. The lowest BCUT2D eigenvalue weighted by Crippen LogP contribution is -2.17. The number of hydrogen-bond acceptors (Lipinski definition) is 2. The van der Waals surface area contributed by atoms with Gasteiger partial charge in [0.2, 0.25) is 0 Å². The van der Waals surface area contributed by atoms with Crippen LogP contribution in [0.25, 0.3) is 0 Å². The molecule has 1 aromatic rings. The molecule has 0 saturated heterocycles. The van der Waals surface area contributed by atoms with Crippen molar-refractivity contribution in [1.29, 1.82) is 0 Å². The fraction of sp³-hybridized carbons (Fsp3) is 0.600. The summed E-state index contributed by atoms with van der Waals surface area (Å²) in [7, 11) is 0. The van der Waals surface area contributed by atoms with Crippen LogP contribution in [0.2, 0.25) is 0 Å². The normalized spacial score (nSPS) is 37.9. The number of hydrogen-bond donors (Lipinski definition) is 0. The lowest BCUT2D eigenvalue weighted by molar-refractivity contribution is -0.138. The number of rotatable bonds is 2. The van der Waals surface area contributed by atoms with Crippen molar-refractivity contribution in [3.63, 3.8) is 0 Å². The van der Waals surface area contributed by atoms with Gasteiger partial charge in [-0.2, -0.15) is 13.2 Å². The minimum atomic E-state index is -4.49. The second-order valence-corrected chi connectivity index (χ2v) is 6.30. The molecule has 0 spiro atoms. The number of halogens is 3. The molecule has 5 heteroatoms. The average molecular weight is 281 g/mol. The molecule has 4 unspecified atom stereocenters. The van der Waals surface area contributed by atoms with Gasteiger partial charge in [0, 0.05) is 23.9 Å². The van der Waals surface area contributed by atoms with Crippen molar-refractivity contribution in [3.05, 3.63) is 29.6 Å². The molecule has 3 aliphatic rings. The van der Waals surface area contributed by atoms with E-state index in [1.54, 1.807) is 0 Å². The Kier molecular flexibility index (Phi) is 2.37. The summed E-state index contributed by atoms with van der Waals surface area (Å²) in [6.45, 7) is 0. The molecule has 1 aromatic heterocycles. The fourth-order valence-electron chi connectivity index (χ4n) is 4.69. The van der Waals surface area contributed by atoms with Crippen molar-refractivity contribution in [2.75, 3.05) is 0 Å². The molecule has 0 N–H and O–H groups in total. The summed E-state index contributed by atoms with van der Waals surface area (Å²) in [5.74, 6) is 1.34. The quantitative estimate of drug-likeness (QED) is 0.776. The van der Waals surface area contributed by atoms with Gasteiger partial charge in [0.15, 0.2) is 5.78 Å². The molecule has 3 aliphatic carbocycles. The van der Waals surface area contributed by atoms with Crippen LogP contribution < -0.4 is 0 Å². The Balaban J connectivity index is 1.65. The van der Waals surface area contributed by atoms with Crippen LogP contribution in [0.15, 0.2) is 18.5 Å². The monoisotopic (exact) mass is 281 g/mol. The molecule has 0 radical (unpaired) electrons. The zero-order chi connectivity index (χ0) is 14.1. The van der Waals surface area contributed by atoms with Gasteiger partial charge in [0.25, 0.3) is 0 Å². The molecule has 4 rings (SSSR count). The van der Waals surface area contributed by atoms with Gasteiger partial charge in [-0.15, -0.1) is 0 Å². The smallest absolute Gasteiger partial charge is 0.294 e. The first-order chi connectivity index (χ1) is 9.48. The van der Waals surface area contributed by atoms with Crippen LogP contribution in [0.4, 0.5) is 13.2 Å². The number of alkyl halides is 3. The Morgan fingerprint density at radius 3 is 2.45 bits per heavy atom. The highest BCUT2D eigenvalue weighted by Crippen LogP contribution is 2.70. The molecule has 0 aromatic carbocycles. The summed E-state index contributed by atoms with van der Waals surface area (Å²) in [6, 6.07) is 0.903. The number of carbonyl (C=O) groups excluding carboxylic acids is 1. The zero-order valence-electron chi connectivity index (χ0n) is 10.7. The number of pyridine rings is 1. The summed E-state index contributed by atoms with van der Waals surface area (Å²) in [5.41, 5.74) is -1.08. The van der Waals surface area contributed by atoms with Crippen molar-refractivity contribution >= 4 is 5.78 Å². The van der Waals surface area contributed by atoms with Crippen LogP contribution in [0.1, 0.15) is 35.2 Å². The molecule has 1 heterocycles. The van der Waals surface area contributed by atoms with E-state index >= 15 is 0 Å². The van der Waals surface area contributed by atoms with Gasteiger partial charge >= 0.3 is 6.18 Å². The highest BCUT2D eigenvalue weighted by atomic mass is 19.4. The minimum absolute atomic E-state index is 0.174. The van der Waals surface area contributed by atoms with E-state index in [4.69, 9.17) is 0 Å². The van der Waals surface area contributed by atoms with Gasteiger partial charge in [-0.3, -0.25) is 9.78 Å². The standard InChI is InChI=1S/C15H14F3NO/c16-15(17,18)10-3-4-19-6-9(10)14(20)13-11-7-1-2-8(5-7)12(11)13/h3-4,6-8,11-13H,1-2,5H2. The minimum Gasteiger partial charge on any atom is -0.294 e. The van der Waals surface area contributed by atoms with E-state index in [1.807, 2.05) is 0 Å². The largest absolute Gasteiger partial charge is 0.417 e. The second kappa shape index (κ2) is 3.83. The maximum atomic E-state index is 13.0. The summed E-state index contributed by atoms with van der Waals surface area (Å²) in [5, 5.41) is 0. The molecular weight excluding hydrogens is 267 g/mol. The van der Waals surface area contributed by atoms with E-state index in [0.717, 1.165) is 31.3 Å². The van der Waals surface area contributed by atoms with Crippen LogP contribution in [0.5, 0.6) is 0 Å². The van der Waals surface area contributed by atoms with Gasteiger partial charge in [0.05, 0.1) is 5.56 Å². The molecule has 0 amide bonds. The number of ketones is 1. The number of aromatic nitrogens is 1. The van der Waals surface area contributed by atoms with Crippen LogP contribution >= 0.6 is 0 Å². The third-order valence-electron chi connectivity index (χ3n) is 5.43. The van der Waals surface area contributed by atoms with Crippen molar-refractivity contribution < 1.29 is 18.0 Å². The van der Waals surface area contributed by atoms with Gasteiger partial charge in [-0.05, 0) is 49.0 Å². The summed E-state index contributed by atoms with van der Waals surface area (Å²) in [6.07, 6.45) is 1.16. The topological polar surface area (TPSA) is 30.0 Å². The maximum Gasteiger partial charge on any atom is 0.417 e. The van der Waals surface area contributed by atoms with Gasteiger partial charge in [-0.1, -0.05) is 0 Å². The van der Waals surface area contributed by atoms with Crippen LogP contribution in [0.3, 0.4) is 0 Å². The van der Waals surface area contributed by atoms with Crippen LogP contribution in [-0.2, 0) is 6.18 Å². The van der Waals surface area contributed by atoms with E-state index in [9.17, 15) is 18.0 Å². The van der Waals surface area contributed by atoms with E-state index in [2.05, 4.69) is 4.98 Å². The highest BCUT2D eigenvalue weighted by Gasteiger charge is 2.67. The molecule has 20 heavy (non-hydrogen) atoms. The number of nitrogens with zero attached hydrogens (tertiary/aromatic N) is 1. The van der Waals surface area contributed by atoms with Crippen molar-refractivity contribution in [1.82, 2.24) is 4.98 Å². The molecule has 3 saturated carbocycles. The van der Waals surface area contributed by atoms with E-state index in [1.165, 1.54) is 6.42 Å². The van der Waals surface area contributed by atoms with Crippen molar-refractivity contribution in [3.8, 4) is 0 Å². The predicted molar refractivity (Wildman–Crippen MR) is 64.9 cm³/mol. The second-order valence-electron chi connectivity index (χ2n) is 6.30.